The SMILES string of the molecule is Cc1ccc(Br)cc1OCc1cc(CNC(C)C)oc1C. The molecule has 0 aliphatic carbocycles. The normalized spacial score (nSPS) is 11.1. The molecule has 114 valence electrons. The predicted molar refractivity (Wildman–Crippen MR) is 88.6 cm³/mol. The summed E-state index contributed by atoms with van der Waals surface area (Å²) in [5, 5.41) is 3.35. The summed E-state index contributed by atoms with van der Waals surface area (Å²) in [5.74, 6) is 2.76. The quantitative estimate of drug-likeness (QED) is 0.816. The highest BCUT2D eigenvalue weighted by Gasteiger charge is 2.09. The van der Waals surface area contributed by atoms with Crippen molar-refractivity contribution < 1.29 is 9.15 Å². The molecular formula is C17H22BrNO2. The Labute approximate surface area is 134 Å². The zero-order valence-corrected chi connectivity index (χ0v) is 14.6. The largest absolute Gasteiger partial charge is 0.488 e. The molecule has 0 aliphatic rings. The Bertz CT molecular complexity index is 605. The van der Waals surface area contributed by atoms with Crippen molar-refractivity contribution in [2.45, 2.75) is 46.9 Å². The number of aryl methyl sites for hydroxylation is 2. The van der Waals surface area contributed by atoms with Crippen LogP contribution in [0.25, 0.3) is 0 Å². The lowest BCUT2D eigenvalue weighted by Gasteiger charge is -2.08. The minimum Gasteiger partial charge on any atom is -0.488 e. The minimum absolute atomic E-state index is 0.444. The van der Waals surface area contributed by atoms with Gasteiger partial charge in [0.05, 0.1) is 6.54 Å². The van der Waals surface area contributed by atoms with E-state index in [0.29, 0.717) is 12.6 Å². The summed E-state index contributed by atoms with van der Waals surface area (Å²) in [5.41, 5.74) is 2.22. The second-order valence-electron chi connectivity index (χ2n) is 5.53. The van der Waals surface area contributed by atoms with Gasteiger partial charge >= 0.3 is 0 Å². The Balaban J connectivity index is 2.01. The van der Waals surface area contributed by atoms with Crippen LogP contribution in [0.15, 0.2) is 33.2 Å². The minimum atomic E-state index is 0.444. The van der Waals surface area contributed by atoms with E-state index in [-0.39, 0.29) is 0 Å². The molecule has 1 heterocycles. The third kappa shape index (κ3) is 4.61. The molecule has 0 saturated heterocycles. The molecule has 0 saturated carbocycles. The van der Waals surface area contributed by atoms with Crippen LogP contribution in [-0.4, -0.2) is 6.04 Å². The fourth-order valence-electron chi connectivity index (χ4n) is 2.01. The van der Waals surface area contributed by atoms with Crippen LogP contribution < -0.4 is 10.1 Å². The van der Waals surface area contributed by atoms with Gasteiger partial charge in [-0.3, -0.25) is 0 Å². The van der Waals surface area contributed by atoms with Gasteiger partial charge in [0.2, 0.25) is 0 Å². The molecule has 0 fully saturated rings. The first-order valence-corrected chi connectivity index (χ1v) is 7.95. The molecule has 0 atom stereocenters. The van der Waals surface area contributed by atoms with Gasteiger partial charge in [0.25, 0.3) is 0 Å². The van der Waals surface area contributed by atoms with Gasteiger partial charge in [-0.1, -0.05) is 35.8 Å². The zero-order chi connectivity index (χ0) is 15.4. The Morgan fingerprint density at radius 1 is 1.24 bits per heavy atom. The Hall–Kier alpha value is -1.26. The van der Waals surface area contributed by atoms with Crippen LogP contribution in [0.4, 0.5) is 0 Å². The van der Waals surface area contributed by atoms with Gasteiger partial charge < -0.3 is 14.5 Å². The first-order valence-electron chi connectivity index (χ1n) is 7.16. The van der Waals surface area contributed by atoms with Crippen molar-refractivity contribution in [3.63, 3.8) is 0 Å². The summed E-state index contributed by atoms with van der Waals surface area (Å²) in [6.07, 6.45) is 0. The van der Waals surface area contributed by atoms with Crippen molar-refractivity contribution in [1.29, 1.82) is 0 Å². The Kier molecular flexibility index (Phi) is 5.48. The van der Waals surface area contributed by atoms with Crippen molar-refractivity contribution in [2.75, 3.05) is 0 Å². The molecule has 1 aromatic heterocycles. The van der Waals surface area contributed by atoms with Crippen LogP contribution in [-0.2, 0) is 13.2 Å². The summed E-state index contributed by atoms with van der Waals surface area (Å²) in [7, 11) is 0. The second-order valence-corrected chi connectivity index (χ2v) is 6.44. The molecule has 2 rings (SSSR count). The average molecular weight is 352 g/mol. The first-order chi connectivity index (χ1) is 9.95. The van der Waals surface area contributed by atoms with E-state index < -0.39 is 0 Å². The van der Waals surface area contributed by atoms with Crippen LogP contribution in [0.2, 0.25) is 0 Å². The molecule has 21 heavy (non-hydrogen) atoms. The molecule has 3 nitrogen and oxygen atoms in total. The highest BCUT2D eigenvalue weighted by molar-refractivity contribution is 9.10. The van der Waals surface area contributed by atoms with E-state index in [2.05, 4.69) is 41.2 Å². The Morgan fingerprint density at radius 3 is 2.71 bits per heavy atom. The molecule has 0 unspecified atom stereocenters. The van der Waals surface area contributed by atoms with Crippen molar-refractivity contribution in [3.8, 4) is 5.75 Å². The van der Waals surface area contributed by atoms with E-state index in [4.69, 9.17) is 9.15 Å². The lowest BCUT2D eigenvalue weighted by Crippen LogP contribution is -2.21. The zero-order valence-electron chi connectivity index (χ0n) is 13.0. The highest BCUT2D eigenvalue weighted by Crippen LogP contribution is 2.25. The maximum Gasteiger partial charge on any atom is 0.123 e. The molecule has 0 radical (unpaired) electrons. The fourth-order valence-corrected chi connectivity index (χ4v) is 2.35. The van der Waals surface area contributed by atoms with E-state index in [1.165, 1.54) is 0 Å². The van der Waals surface area contributed by atoms with Gasteiger partial charge in [0.1, 0.15) is 23.9 Å². The van der Waals surface area contributed by atoms with Gasteiger partial charge in [-0.05, 0) is 37.6 Å². The van der Waals surface area contributed by atoms with Gasteiger partial charge in [0.15, 0.2) is 0 Å². The standard InChI is InChI=1S/C17H22BrNO2/c1-11(2)19-9-16-7-14(13(4)21-16)10-20-17-8-15(18)6-5-12(17)3/h5-8,11,19H,9-10H2,1-4H3. The maximum atomic E-state index is 5.91. The molecule has 1 N–H and O–H groups in total. The van der Waals surface area contributed by atoms with Crippen molar-refractivity contribution in [3.05, 3.63) is 51.4 Å². The highest BCUT2D eigenvalue weighted by atomic mass is 79.9. The molecule has 4 heteroatoms. The van der Waals surface area contributed by atoms with E-state index in [9.17, 15) is 0 Å². The van der Waals surface area contributed by atoms with Gasteiger partial charge in [-0.25, -0.2) is 0 Å². The number of hydrogen-bond donors (Lipinski definition) is 1. The van der Waals surface area contributed by atoms with Crippen LogP contribution in [0, 0.1) is 13.8 Å². The summed E-state index contributed by atoms with van der Waals surface area (Å²) >= 11 is 3.47. The lowest BCUT2D eigenvalue weighted by atomic mass is 10.2. The number of benzene rings is 1. The number of furan rings is 1. The van der Waals surface area contributed by atoms with Crippen LogP contribution >= 0.6 is 15.9 Å². The van der Waals surface area contributed by atoms with Crippen LogP contribution in [0.3, 0.4) is 0 Å². The molecule has 0 amide bonds. The van der Waals surface area contributed by atoms with Gasteiger partial charge in [-0.2, -0.15) is 0 Å². The summed E-state index contributed by atoms with van der Waals surface area (Å²) in [4.78, 5) is 0. The molecule has 2 aromatic rings. The summed E-state index contributed by atoms with van der Waals surface area (Å²) in [6.45, 7) is 9.53. The molecular weight excluding hydrogens is 330 g/mol. The third-order valence-corrected chi connectivity index (χ3v) is 3.78. The number of halogens is 1. The van der Waals surface area contributed by atoms with Gasteiger partial charge in [0, 0.05) is 16.1 Å². The predicted octanol–water partition coefficient (Wildman–Crippen LogP) is 4.74. The van der Waals surface area contributed by atoms with E-state index in [1.54, 1.807) is 0 Å². The second kappa shape index (κ2) is 7.14. The Morgan fingerprint density at radius 2 is 2.00 bits per heavy atom. The smallest absolute Gasteiger partial charge is 0.123 e. The lowest BCUT2D eigenvalue weighted by molar-refractivity contribution is 0.300. The summed E-state index contributed by atoms with van der Waals surface area (Å²) < 4.78 is 12.7. The topological polar surface area (TPSA) is 34.4 Å². The third-order valence-electron chi connectivity index (χ3n) is 3.29. The number of hydrogen-bond acceptors (Lipinski definition) is 3. The summed E-state index contributed by atoms with van der Waals surface area (Å²) in [6, 6.07) is 8.56. The molecule has 0 aliphatic heterocycles. The van der Waals surface area contributed by atoms with Gasteiger partial charge in [-0.15, -0.1) is 0 Å². The van der Waals surface area contributed by atoms with Crippen molar-refractivity contribution in [2.24, 2.45) is 0 Å². The van der Waals surface area contributed by atoms with Crippen LogP contribution in [0.5, 0.6) is 5.75 Å². The van der Waals surface area contributed by atoms with E-state index in [0.717, 1.165) is 39.4 Å². The monoisotopic (exact) mass is 351 g/mol. The number of rotatable bonds is 6. The maximum absolute atomic E-state index is 5.91. The van der Waals surface area contributed by atoms with Crippen molar-refractivity contribution in [1.82, 2.24) is 5.32 Å². The van der Waals surface area contributed by atoms with E-state index >= 15 is 0 Å². The number of ether oxygens (including phenoxy) is 1. The molecule has 0 bridgehead atoms. The van der Waals surface area contributed by atoms with E-state index in [1.807, 2.05) is 32.0 Å². The van der Waals surface area contributed by atoms with Crippen LogP contribution in [0.1, 0.15) is 36.5 Å². The fraction of sp³-hybridized carbons (Fsp3) is 0.412. The van der Waals surface area contributed by atoms with Crippen molar-refractivity contribution >= 4 is 15.9 Å². The number of nitrogens with one attached hydrogen (secondary N) is 1. The average Bonchev–Trinajstić information content (AvgIpc) is 2.78. The first kappa shape index (κ1) is 16.1. The molecule has 0 spiro atoms. The molecule has 1 aromatic carbocycles.